The SMILES string of the molecule is C=CC(=O)NC(C)(CC)OS(=O)(=O)O. The van der Waals surface area contributed by atoms with E-state index < -0.39 is 22.0 Å². The molecule has 0 spiro atoms. The van der Waals surface area contributed by atoms with Gasteiger partial charge in [0.15, 0.2) is 5.72 Å². The van der Waals surface area contributed by atoms with Crippen LogP contribution in [0.3, 0.4) is 0 Å². The Hall–Kier alpha value is -0.920. The fourth-order valence-corrected chi connectivity index (χ4v) is 1.34. The minimum atomic E-state index is -4.60. The van der Waals surface area contributed by atoms with Crippen LogP contribution in [0.2, 0.25) is 0 Å². The molecule has 0 aliphatic heterocycles. The van der Waals surface area contributed by atoms with Crippen LogP contribution in [0.5, 0.6) is 0 Å². The van der Waals surface area contributed by atoms with Gasteiger partial charge in [0, 0.05) is 0 Å². The van der Waals surface area contributed by atoms with Crippen LogP contribution in [0.1, 0.15) is 20.3 Å². The van der Waals surface area contributed by atoms with E-state index in [0.717, 1.165) is 6.08 Å². The first kappa shape index (κ1) is 13.1. The average Bonchev–Trinajstić information content (AvgIpc) is 2.00. The molecule has 0 aromatic heterocycles. The summed E-state index contributed by atoms with van der Waals surface area (Å²) in [6.45, 7) is 6.11. The van der Waals surface area contributed by atoms with Crippen molar-refractivity contribution < 1.29 is 21.9 Å². The summed E-state index contributed by atoms with van der Waals surface area (Å²) in [4.78, 5) is 10.9. The second-order valence-electron chi connectivity index (χ2n) is 2.79. The van der Waals surface area contributed by atoms with E-state index in [1.165, 1.54) is 6.92 Å². The summed E-state index contributed by atoms with van der Waals surface area (Å²) in [5.41, 5.74) is -1.46. The summed E-state index contributed by atoms with van der Waals surface area (Å²) in [6, 6.07) is 0. The predicted octanol–water partition coefficient (Wildman–Crippen LogP) is 0.234. The monoisotopic (exact) mass is 223 g/mol. The molecule has 0 radical (unpaired) electrons. The zero-order chi connectivity index (χ0) is 11.4. The molecule has 0 heterocycles. The molecule has 82 valence electrons. The molecule has 0 fully saturated rings. The largest absolute Gasteiger partial charge is 0.399 e. The van der Waals surface area contributed by atoms with Crippen molar-refractivity contribution in [1.29, 1.82) is 0 Å². The summed E-state index contributed by atoms with van der Waals surface area (Å²) in [5.74, 6) is -0.585. The zero-order valence-electron chi connectivity index (χ0n) is 7.98. The van der Waals surface area contributed by atoms with Gasteiger partial charge in [-0.15, -0.1) is 0 Å². The Morgan fingerprint density at radius 2 is 2.21 bits per heavy atom. The summed E-state index contributed by atoms with van der Waals surface area (Å²) in [6.07, 6.45) is 1.15. The van der Waals surface area contributed by atoms with Crippen molar-refractivity contribution in [3.05, 3.63) is 12.7 Å². The van der Waals surface area contributed by atoms with Crippen molar-refractivity contribution in [1.82, 2.24) is 5.32 Å². The maximum Gasteiger partial charge on any atom is 0.399 e. The third-order valence-electron chi connectivity index (χ3n) is 1.54. The standard InChI is InChI=1S/C7H13NO5S/c1-4-6(9)8-7(3,5-2)13-14(10,11)12/h4H,1,5H2,2-3H3,(H,8,9)(H,10,11,12). The molecule has 1 atom stereocenters. The van der Waals surface area contributed by atoms with Gasteiger partial charge in [0.1, 0.15) is 0 Å². The summed E-state index contributed by atoms with van der Waals surface area (Å²) >= 11 is 0. The second-order valence-corrected chi connectivity index (χ2v) is 3.81. The minimum Gasteiger partial charge on any atom is -0.324 e. The van der Waals surface area contributed by atoms with Gasteiger partial charge < -0.3 is 5.32 Å². The highest BCUT2D eigenvalue weighted by Gasteiger charge is 2.29. The molecule has 0 aliphatic rings. The van der Waals surface area contributed by atoms with E-state index in [9.17, 15) is 13.2 Å². The van der Waals surface area contributed by atoms with Crippen LogP contribution in [-0.2, 0) is 19.4 Å². The van der Waals surface area contributed by atoms with Gasteiger partial charge in [0.25, 0.3) is 0 Å². The van der Waals surface area contributed by atoms with E-state index in [2.05, 4.69) is 16.1 Å². The molecule has 1 unspecified atom stereocenters. The van der Waals surface area contributed by atoms with Crippen LogP contribution in [0, 0.1) is 0 Å². The van der Waals surface area contributed by atoms with Crippen LogP contribution in [0.4, 0.5) is 0 Å². The van der Waals surface area contributed by atoms with Gasteiger partial charge in [-0.25, -0.2) is 4.18 Å². The van der Waals surface area contributed by atoms with Gasteiger partial charge >= 0.3 is 10.4 Å². The molecule has 1 amide bonds. The topological polar surface area (TPSA) is 92.7 Å². The highest BCUT2D eigenvalue weighted by Crippen LogP contribution is 2.13. The maximum absolute atomic E-state index is 10.9. The fourth-order valence-electron chi connectivity index (χ4n) is 0.712. The van der Waals surface area contributed by atoms with Crippen LogP contribution in [-0.4, -0.2) is 24.6 Å². The van der Waals surface area contributed by atoms with Crippen molar-refractivity contribution in [3.8, 4) is 0 Å². The number of nitrogens with one attached hydrogen (secondary N) is 1. The summed E-state index contributed by atoms with van der Waals surface area (Å²) < 4.78 is 33.6. The van der Waals surface area contributed by atoms with Gasteiger partial charge in [0.2, 0.25) is 5.91 Å². The molecular weight excluding hydrogens is 210 g/mol. The Morgan fingerprint density at radius 3 is 2.50 bits per heavy atom. The smallest absolute Gasteiger partial charge is 0.324 e. The Bertz CT molecular complexity index is 323. The normalized spacial score (nSPS) is 15.6. The highest BCUT2D eigenvalue weighted by atomic mass is 32.3. The Morgan fingerprint density at radius 1 is 1.71 bits per heavy atom. The van der Waals surface area contributed by atoms with Crippen molar-refractivity contribution >= 4 is 16.3 Å². The van der Waals surface area contributed by atoms with E-state index >= 15 is 0 Å². The first-order valence-electron chi connectivity index (χ1n) is 3.85. The van der Waals surface area contributed by atoms with Gasteiger partial charge in [-0.2, -0.15) is 8.42 Å². The molecule has 2 N–H and O–H groups in total. The van der Waals surface area contributed by atoms with Crippen LogP contribution in [0.15, 0.2) is 12.7 Å². The molecule has 0 aromatic carbocycles. The molecule has 14 heavy (non-hydrogen) atoms. The van der Waals surface area contributed by atoms with Gasteiger partial charge in [-0.3, -0.25) is 9.35 Å². The highest BCUT2D eigenvalue weighted by molar-refractivity contribution is 7.80. The molecule has 0 bridgehead atoms. The van der Waals surface area contributed by atoms with Crippen molar-refractivity contribution in [2.24, 2.45) is 0 Å². The van der Waals surface area contributed by atoms with Crippen LogP contribution < -0.4 is 5.32 Å². The van der Waals surface area contributed by atoms with Crippen molar-refractivity contribution in [2.75, 3.05) is 0 Å². The summed E-state index contributed by atoms with van der Waals surface area (Å²) in [7, 11) is -4.60. The lowest BCUT2D eigenvalue weighted by atomic mass is 10.2. The first-order chi connectivity index (χ1) is 6.22. The van der Waals surface area contributed by atoms with Gasteiger partial charge in [-0.05, 0) is 19.4 Å². The van der Waals surface area contributed by atoms with E-state index in [4.69, 9.17) is 4.55 Å². The molecule has 0 saturated heterocycles. The van der Waals surface area contributed by atoms with E-state index in [-0.39, 0.29) is 6.42 Å². The lowest BCUT2D eigenvalue weighted by Crippen LogP contribution is -2.48. The Kier molecular flexibility index (Phi) is 4.24. The number of hydrogen-bond donors (Lipinski definition) is 2. The first-order valence-corrected chi connectivity index (χ1v) is 5.21. The third-order valence-corrected chi connectivity index (χ3v) is 2.12. The van der Waals surface area contributed by atoms with Gasteiger partial charge in [0.05, 0.1) is 0 Å². The molecule has 0 aromatic rings. The third kappa shape index (κ3) is 4.95. The Labute approximate surface area is 82.9 Å². The molecular formula is C7H13NO5S. The average molecular weight is 223 g/mol. The number of carbonyl (C=O) groups excluding carboxylic acids is 1. The molecule has 7 heteroatoms. The summed E-state index contributed by atoms with van der Waals surface area (Å²) in [5, 5.41) is 2.23. The lowest BCUT2D eigenvalue weighted by molar-refractivity contribution is -0.121. The molecule has 0 aliphatic carbocycles. The number of rotatable bonds is 5. The van der Waals surface area contributed by atoms with Crippen LogP contribution >= 0.6 is 0 Å². The van der Waals surface area contributed by atoms with Crippen LogP contribution in [0.25, 0.3) is 0 Å². The quantitative estimate of drug-likeness (QED) is 0.395. The van der Waals surface area contributed by atoms with E-state index in [1.54, 1.807) is 6.92 Å². The van der Waals surface area contributed by atoms with E-state index in [0.29, 0.717) is 0 Å². The lowest BCUT2D eigenvalue weighted by Gasteiger charge is -2.26. The number of carbonyl (C=O) groups is 1. The van der Waals surface area contributed by atoms with Crippen molar-refractivity contribution in [3.63, 3.8) is 0 Å². The predicted molar refractivity (Wildman–Crippen MR) is 49.7 cm³/mol. The molecule has 0 rings (SSSR count). The zero-order valence-corrected chi connectivity index (χ0v) is 8.80. The second kappa shape index (κ2) is 4.54. The number of amides is 1. The fraction of sp³-hybridized carbons (Fsp3) is 0.571. The Balaban J connectivity index is 4.64. The number of hydrogen-bond acceptors (Lipinski definition) is 4. The molecule has 6 nitrogen and oxygen atoms in total. The molecule has 0 saturated carbocycles. The van der Waals surface area contributed by atoms with Gasteiger partial charge in [-0.1, -0.05) is 13.5 Å². The van der Waals surface area contributed by atoms with E-state index in [1.807, 2.05) is 0 Å². The maximum atomic E-state index is 10.9. The van der Waals surface area contributed by atoms with Crippen molar-refractivity contribution in [2.45, 2.75) is 26.0 Å². The minimum absolute atomic E-state index is 0.173.